The second kappa shape index (κ2) is 8.97. The topological polar surface area (TPSA) is 89.4 Å². The number of benzene rings is 1. The highest BCUT2D eigenvalue weighted by Crippen LogP contribution is 2.35. The van der Waals surface area contributed by atoms with E-state index < -0.39 is 23.1 Å². The second-order valence-electron chi connectivity index (χ2n) is 7.08. The summed E-state index contributed by atoms with van der Waals surface area (Å²) in [4.78, 5) is 8.19. The molecule has 3 heterocycles. The molecule has 0 saturated heterocycles. The minimum Gasteiger partial charge on any atom is -0.382 e. The molecule has 0 atom stereocenters. The normalized spacial score (nSPS) is 11.9. The highest BCUT2D eigenvalue weighted by molar-refractivity contribution is 5.56. The lowest BCUT2D eigenvalue weighted by molar-refractivity contribution is 0.0329. The fourth-order valence-electron chi connectivity index (χ4n) is 3.12. The summed E-state index contributed by atoms with van der Waals surface area (Å²) in [5, 5.41) is 9.84. The zero-order chi connectivity index (χ0) is 22.7. The average molecular weight is 446 g/mol. The van der Waals surface area contributed by atoms with Crippen LogP contribution in [0.5, 0.6) is 0 Å². The van der Waals surface area contributed by atoms with Crippen LogP contribution in [0.4, 0.5) is 24.9 Å². The van der Waals surface area contributed by atoms with Gasteiger partial charge < -0.3 is 14.8 Å². The van der Waals surface area contributed by atoms with E-state index in [1.165, 1.54) is 0 Å². The quantitative estimate of drug-likeness (QED) is 0.379. The lowest BCUT2D eigenvalue weighted by atomic mass is 10.1. The van der Waals surface area contributed by atoms with Gasteiger partial charge in [0.15, 0.2) is 5.82 Å². The first kappa shape index (κ1) is 21.8. The van der Waals surface area contributed by atoms with Gasteiger partial charge in [-0.25, -0.2) is 9.37 Å². The Kier molecular flexibility index (Phi) is 6.10. The van der Waals surface area contributed by atoms with Gasteiger partial charge >= 0.3 is 5.92 Å². The first-order chi connectivity index (χ1) is 15.4. The van der Waals surface area contributed by atoms with Crippen LogP contribution in [0.2, 0.25) is 0 Å². The lowest BCUT2D eigenvalue weighted by Gasteiger charge is -2.18. The molecule has 0 bridgehead atoms. The summed E-state index contributed by atoms with van der Waals surface area (Å²) in [6, 6.07) is 9.00. The number of fused-ring (bicyclic) bond motifs is 1. The van der Waals surface area contributed by atoms with Gasteiger partial charge in [0, 0.05) is 24.4 Å². The molecule has 32 heavy (non-hydrogen) atoms. The van der Waals surface area contributed by atoms with Crippen molar-refractivity contribution < 1.29 is 22.6 Å². The molecule has 2 N–H and O–H groups in total. The molecule has 8 nitrogen and oxygen atoms in total. The molecule has 1 aromatic carbocycles. The highest BCUT2D eigenvalue weighted by atomic mass is 19.3. The van der Waals surface area contributed by atoms with E-state index in [0.717, 1.165) is 30.0 Å². The van der Waals surface area contributed by atoms with E-state index in [4.69, 9.17) is 9.47 Å². The molecule has 0 saturated carbocycles. The Morgan fingerprint density at radius 1 is 1.09 bits per heavy atom. The fraction of sp³-hybridized carbons (Fsp3) is 0.286. The van der Waals surface area contributed by atoms with Gasteiger partial charge in [0.05, 0.1) is 25.5 Å². The minimum atomic E-state index is -3.55. The van der Waals surface area contributed by atoms with Crippen molar-refractivity contribution in [2.24, 2.45) is 0 Å². The number of aryl methyl sites for hydroxylation is 1. The van der Waals surface area contributed by atoms with Crippen molar-refractivity contribution in [2.45, 2.75) is 19.5 Å². The molecular weight excluding hydrogens is 425 g/mol. The monoisotopic (exact) mass is 446 g/mol. The number of ether oxygens (including phenoxy) is 2. The van der Waals surface area contributed by atoms with Crippen LogP contribution in [0.1, 0.15) is 22.8 Å². The van der Waals surface area contributed by atoms with E-state index in [1.54, 1.807) is 29.7 Å². The number of nitrogens with one attached hydrogen (secondary N) is 2. The van der Waals surface area contributed by atoms with Crippen LogP contribution in [0, 0.1) is 12.7 Å². The van der Waals surface area contributed by atoms with Crippen LogP contribution in [-0.2, 0) is 22.0 Å². The summed E-state index contributed by atoms with van der Waals surface area (Å²) in [5.41, 5.74) is 1.27. The third-order valence-corrected chi connectivity index (χ3v) is 4.70. The summed E-state index contributed by atoms with van der Waals surface area (Å²) in [6.45, 7) is 2.80. The average Bonchev–Trinajstić information content (AvgIpc) is 3.37. The second-order valence-corrected chi connectivity index (χ2v) is 7.08. The summed E-state index contributed by atoms with van der Waals surface area (Å²) >= 11 is 0. The van der Waals surface area contributed by atoms with Crippen molar-refractivity contribution >= 4 is 17.4 Å². The summed E-state index contributed by atoms with van der Waals surface area (Å²) < 4.78 is 55.8. The Labute approximate surface area is 181 Å². The van der Waals surface area contributed by atoms with Crippen LogP contribution < -0.4 is 5.32 Å². The fourth-order valence-corrected chi connectivity index (χ4v) is 3.12. The molecule has 0 aliphatic rings. The van der Waals surface area contributed by atoms with Gasteiger partial charge in [0.1, 0.15) is 11.5 Å². The predicted octanol–water partition coefficient (Wildman–Crippen LogP) is 3.95. The van der Waals surface area contributed by atoms with Gasteiger partial charge in [-0.05, 0) is 43.3 Å². The maximum atomic E-state index is 15.2. The van der Waals surface area contributed by atoms with Crippen LogP contribution in [0.3, 0.4) is 0 Å². The number of H-pyrrole nitrogens is 1. The van der Waals surface area contributed by atoms with Gasteiger partial charge in [-0.15, -0.1) is 0 Å². The molecule has 0 aliphatic carbocycles. The van der Waals surface area contributed by atoms with E-state index >= 15 is 8.78 Å². The third kappa shape index (κ3) is 4.43. The van der Waals surface area contributed by atoms with E-state index in [9.17, 15) is 4.39 Å². The first-order valence-corrected chi connectivity index (χ1v) is 9.77. The van der Waals surface area contributed by atoms with E-state index in [1.807, 2.05) is 6.92 Å². The molecule has 4 aromatic rings. The molecule has 0 radical (unpaired) electrons. The number of methoxy groups -OCH3 is 1. The van der Waals surface area contributed by atoms with Gasteiger partial charge in [-0.3, -0.25) is 9.50 Å². The Hall–Kier alpha value is -3.44. The molecule has 0 aliphatic heterocycles. The highest BCUT2D eigenvalue weighted by Gasteiger charge is 2.38. The molecule has 0 spiro atoms. The summed E-state index contributed by atoms with van der Waals surface area (Å²) in [7, 11) is 1.57. The summed E-state index contributed by atoms with van der Waals surface area (Å²) in [5.74, 6) is -4.39. The number of hydrogen-bond donors (Lipinski definition) is 2. The number of aromatic amines is 1. The van der Waals surface area contributed by atoms with Gasteiger partial charge in [0.2, 0.25) is 11.8 Å². The minimum absolute atomic E-state index is 0.0913. The Balaban J connectivity index is 1.77. The first-order valence-electron chi connectivity index (χ1n) is 9.77. The van der Waals surface area contributed by atoms with Gasteiger partial charge in [-0.2, -0.15) is 18.9 Å². The smallest absolute Gasteiger partial charge is 0.331 e. The van der Waals surface area contributed by atoms with Crippen molar-refractivity contribution in [1.82, 2.24) is 24.6 Å². The maximum absolute atomic E-state index is 15.2. The molecule has 168 valence electrons. The van der Waals surface area contributed by atoms with Crippen LogP contribution in [-0.4, -0.2) is 44.9 Å². The lowest BCUT2D eigenvalue weighted by Crippen LogP contribution is -2.21. The number of nitrogens with zero attached hydrogens (tertiary/aromatic N) is 4. The molecule has 0 unspecified atom stereocenters. The van der Waals surface area contributed by atoms with Crippen molar-refractivity contribution in [1.29, 1.82) is 0 Å². The van der Waals surface area contributed by atoms with Crippen molar-refractivity contribution in [3.8, 4) is 0 Å². The van der Waals surface area contributed by atoms with Gasteiger partial charge in [0.25, 0.3) is 0 Å². The van der Waals surface area contributed by atoms with Crippen molar-refractivity contribution in [3.63, 3.8) is 0 Å². The SMILES string of the molecule is COCCOCc1ccc2nc(C(F)(F)c3ccc(F)cc3)nc(Nc3cc(C)[nH]n3)n12. The van der Waals surface area contributed by atoms with Crippen LogP contribution in [0.15, 0.2) is 42.5 Å². The standard InChI is InChI=1S/C21H21F3N6O2/c1-13-11-17(29-28-13)25-20-27-19(21(23,24)14-3-5-15(22)6-4-14)26-18-8-7-16(30(18)20)12-32-10-9-31-2/h3-8,11H,9-10,12H2,1-2H3,(H2,25,26,27,28,29). The van der Waals surface area contributed by atoms with E-state index in [-0.39, 0.29) is 18.2 Å². The number of hydrogen-bond acceptors (Lipinski definition) is 6. The number of alkyl halides is 2. The molecule has 0 amide bonds. The maximum Gasteiger partial charge on any atom is 0.331 e. The molecule has 3 aromatic heterocycles. The Morgan fingerprint density at radius 2 is 1.88 bits per heavy atom. The molecule has 4 rings (SSSR count). The molecule has 11 heteroatoms. The third-order valence-electron chi connectivity index (χ3n) is 4.70. The van der Waals surface area contributed by atoms with Crippen LogP contribution >= 0.6 is 0 Å². The largest absolute Gasteiger partial charge is 0.382 e. The number of aromatic nitrogens is 5. The predicted molar refractivity (Wildman–Crippen MR) is 111 cm³/mol. The van der Waals surface area contributed by atoms with Crippen molar-refractivity contribution in [2.75, 3.05) is 25.6 Å². The van der Waals surface area contributed by atoms with Gasteiger partial charge in [-0.1, -0.05) is 0 Å². The number of halogens is 3. The molecular formula is C21H21F3N6O2. The zero-order valence-electron chi connectivity index (χ0n) is 17.4. The Bertz CT molecular complexity index is 1210. The zero-order valence-corrected chi connectivity index (χ0v) is 17.4. The Morgan fingerprint density at radius 3 is 2.56 bits per heavy atom. The van der Waals surface area contributed by atoms with Crippen molar-refractivity contribution in [3.05, 3.63) is 71.1 Å². The number of rotatable bonds is 9. The van der Waals surface area contributed by atoms with Crippen LogP contribution in [0.25, 0.3) is 5.65 Å². The summed E-state index contributed by atoms with van der Waals surface area (Å²) in [6.07, 6.45) is 0. The van der Waals surface area contributed by atoms with E-state index in [0.29, 0.717) is 24.7 Å². The van der Waals surface area contributed by atoms with E-state index in [2.05, 4.69) is 25.5 Å². The molecule has 0 fully saturated rings. The number of anilines is 2.